The Bertz CT molecular complexity index is 1200. The van der Waals surface area contributed by atoms with E-state index in [2.05, 4.69) is 60.4 Å². The molecule has 3 aromatic rings. The van der Waals surface area contributed by atoms with Gasteiger partial charge in [-0.2, -0.15) is 0 Å². The Balaban J connectivity index is 1.33. The highest BCUT2D eigenvalue weighted by molar-refractivity contribution is 6.07. The van der Waals surface area contributed by atoms with Gasteiger partial charge < -0.3 is 4.90 Å². The second-order valence-electron chi connectivity index (χ2n) is 9.40. The van der Waals surface area contributed by atoms with Gasteiger partial charge in [-0.1, -0.05) is 66.2 Å². The third kappa shape index (κ3) is 3.91. The first kappa shape index (κ1) is 21.7. The van der Waals surface area contributed by atoms with E-state index in [4.69, 9.17) is 0 Å². The molecule has 1 spiro atoms. The van der Waals surface area contributed by atoms with Gasteiger partial charge in [-0.3, -0.25) is 14.6 Å². The monoisotopic (exact) mass is 441 g/mol. The lowest BCUT2D eigenvalue weighted by Gasteiger charge is -2.42. The van der Waals surface area contributed by atoms with Gasteiger partial charge >= 0.3 is 6.03 Å². The van der Waals surface area contributed by atoms with Crippen LogP contribution in [-0.4, -0.2) is 51.8 Å². The van der Waals surface area contributed by atoms with Crippen molar-refractivity contribution in [2.24, 2.45) is 0 Å². The van der Waals surface area contributed by atoms with Gasteiger partial charge in [-0.15, -0.1) is 0 Å². The van der Waals surface area contributed by atoms with Crippen molar-refractivity contribution in [2.75, 3.05) is 19.6 Å². The maximum Gasteiger partial charge on any atom is 0.327 e. The molecule has 5 heteroatoms. The minimum atomic E-state index is -0.703. The number of likely N-dealkylation sites (tertiary alicyclic amines) is 1. The molecule has 0 atom stereocenters. The zero-order chi connectivity index (χ0) is 23.0. The van der Waals surface area contributed by atoms with Crippen LogP contribution < -0.4 is 0 Å². The van der Waals surface area contributed by atoms with Crippen LogP contribution in [0, 0.1) is 6.92 Å². The Morgan fingerprint density at radius 3 is 2.27 bits per heavy atom. The number of aryl methyl sites for hydroxylation is 1. The van der Waals surface area contributed by atoms with Crippen LogP contribution in [-0.2, 0) is 17.9 Å². The smallest absolute Gasteiger partial charge is 0.310 e. The topological polar surface area (TPSA) is 43.9 Å². The summed E-state index contributed by atoms with van der Waals surface area (Å²) in [7, 11) is 0. The van der Waals surface area contributed by atoms with Gasteiger partial charge in [-0.05, 0) is 54.7 Å². The zero-order valence-corrected chi connectivity index (χ0v) is 19.5. The van der Waals surface area contributed by atoms with Gasteiger partial charge in [0.25, 0.3) is 5.91 Å². The molecule has 2 aliphatic rings. The van der Waals surface area contributed by atoms with Crippen molar-refractivity contribution in [1.82, 2.24) is 14.7 Å². The van der Waals surface area contributed by atoms with Crippen LogP contribution in [0.2, 0.25) is 0 Å². The maximum atomic E-state index is 13.7. The Kier molecular flexibility index (Phi) is 5.67. The first-order valence-corrected chi connectivity index (χ1v) is 11.9. The SMILES string of the molecule is CCN1C(=O)N(Cc2ccc3ccccc3c2)C(=O)C12CCN(Cc1cccc(C)c1)CC2. The predicted molar refractivity (Wildman–Crippen MR) is 131 cm³/mol. The third-order valence-electron chi connectivity index (χ3n) is 7.26. The van der Waals surface area contributed by atoms with Crippen LogP contribution in [0.25, 0.3) is 10.8 Å². The fraction of sp³-hybridized carbons (Fsp3) is 0.357. The van der Waals surface area contributed by atoms with E-state index in [0.29, 0.717) is 25.9 Å². The molecule has 170 valence electrons. The number of carbonyl (C=O) groups excluding carboxylic acids is 2. The van der Waals surface area contributed by atoms with Gasteiger partial charge in [0.2, 0.25) is 0 Å². The van der Waals surface area contributed by atoms with Gasteiger partial charge in [0.1, 0.15) is 5.54 Å². The molecule has 0 N–H and O–H groups in total. The van der Waals surface area contributed by atoms with E-state index in [1.165, 1.54) is 16.0 Å². The van der Waals surface area contributed by atoms with Gasteiger partial charge in [0.15, 0.2) is 0 Å². The molecule has 2 fully saturated rings. The van der Waals surface area contributed by atoms with Crippen molar-refractivity contribution >= 4 is 22.7 Å². The number of nitrogens with zero attached hydrogens (tertiary/aromatic N) is 3. The van der Waals surface area contributed by atoms with E-state index in [0.717, 1.165) is 36.0 Å². The quantitative estimate of drug-likeness (QED) is 0.525. The molecule has 0 unspecified atom stereocenters. The number of carbonyl (C=O) groups is 2. The number of amides is 3. The molecule has 3 amide bonds. The fourth-order valence-electron chi connectivity index (χ4n) is 5.51. The van der Waals surface area contributed by atoms with E-state index in [1.807, 2.05) is 30.0 Å². The molecule has 0 bridgehead atoms. The molecule has 3 aromatic carbocycles. The number of imide groups is 1. The summed E-state index contributed by atoms with van der Waals surface area (Å²) in [6, 6.07) is 22.8. The molecular weight excluding hydrogens is 410 g/mol. The lowest BCUT2D eigenvalue weighted by atomic mass is 9.85. The maximum absolute atomic E-state index is 13.7. The Morgan fingerprint density at radius 2 is 1.55 bits per heavy atom. The first-order chi connectivity index (χ1) is 16.0. The van der Waals surface area contributed by atoms with Crippen LogP contribution >= 0.6 is 0 Å². The number of rotatable bonds is 5. The summed E-state index contributed by atoms with van der Waals surface area (Å²) >= 11 is 0. The van der Waals surface area contributed by atoms with Crippen molar-refractivity contribution in [3.8, 4) is 0 Å². The van der Waals surface area contributed by atoms with E-state index < -0.39 is 5.54 Å². The second-order valence-corrected chi connectivity index (χ2v) is 9.40. The number of benzene rings is 3. The predicted octanol–water partition coefficient (Wildman–Crippen LogP) is 4.97. The van der Waals surface area contributed by atoms with Crippen LogP contribution in [0.3, 0.4) is 0 Å². The fourth-order valence-corrected chi connectivity index (χ4v) is 5.51. The number of piperidine rings is 1. The highest BCUT2D eigenvalue weighted by Gasteiger charge is 2.57. The molecule has 0 saturated carbocycles. The second kappa shape index (κ2) is 8.64. The van der Waals surface area contributed by atoms with Gasteiger partial charge in [0.05, 0.1) is 6.54 Å². The van der Waals surface area contributed by atoms with Crippen LogP contribution in [0.4, 0.5) is 4.79 Å². The molecule has 5 nitrogen and oxygen atoms in total. The summed E-state index contributed by atoms with van der Waals surface area (Å²) in [6.45, 7) is 7.48. The molecule has 0 radical (unpaired) electrons. The summed E-state index contributed by atoms with van der Waals surface area (Å²) in [5.41, 5.74) is 2.84. The van der Waals surface area contributed by atoms with E-state index in [-0.39, 0.29) is 11.9 Å². The van der Waals surface area contributed by atoms with Crippen LogP contribution in [0.5, 0.6) is 0 Å². The molecular formula is C28H31N3O2. The lowest BCUT2D eigenvalue weighted by Crippen LogP contribution is -2.56. The van der Waals surface area contributed by atoms with E-state index >= 15 is 0 Å². The zero-order valence-electron chi connectivity index (χ0n) is 19.5. The molecule has 2 saturated heterocycles. The average Bonchev–Trinajstić information content (AvgIpc) is 3.01. The van der Waals surface area contributed by atoms with Crippen molar-refractivity contribution in [1.29, 1.82) is 0 Å². The normalized spacial score (nSPS) is 18.6. The summed E-state index contributed by atoms with van der Waals surface area (Å²) in [5, 5.41) is 2.29. The third-order valence-corrected chi connectivity index (χ3v) is 7.26. The van der Waals surface area contributed by atoms with Gasteiger partial charge in [-0.25, -0.2) is 4.79 Å². The Labute approximate surface area is 195 Å². The Morgan fingerprint density at radius 1 is 0.818 bits per heavy atom. The number of hydrogen-bond acceptors (Lipinski definition) is 3. The molecule has 0 aliphatic carbocycles. The van der Waals surface area contributed by atoms with Crippen molar-refractivity contribution in [2.45, 2.75) is 45.3 Å². The van der Waals surface area contributed by atoms with E-state index in [1.54, 1.807) is 0 Å². The van der Waals surface area contributed by atoms with Crippen LogP contribution in [0.1, 0.15) is 36.5 Å². The number of likely N-dealkylation sites (N-methyl/N-ethyl adjacent to an activating group) is 1. The van der Waals surface area contributed by atoms with Crippen molar-refractivity contribution in [3.63, 3.8) is 0 Å². The minimum Gasteiger partial charge on any atom is -0.310 e. The average molecular weight is 442 g/mol. The highest BCUT2D eigenvalue weighted by atomic mass is 16.2. The highest BCUT2D eigenvalue weighted by Crippen LogP contribution is 2.38. The lowest BCUT2D eigenvalue weighted by molar-refractivity contribution is -0.136. The summed E-state index contributed by atoms with van der Waals surface area (Å²) in [6.07, 6.45) is 1.37. The minimum absolute atomic E-state index is 0.0299. The largest absolute Gasteiger partial charge is 0.327 e. The molecule has 0 aromatic heterocycles. The molecule has 33 heavy (non-hydrogen) atoms. The summed E-state index contributed by atoms with van der Waals surface area (Å²) in [5.74, 6) is -0.0299. The van der Waals surface area contributed by atoms with Gasteiger partial charge in [0, 0.05) is 26.2 Å². The molecule has 5 rings (SSSR count). The summed E-state index contributed by atoms with van der Waals surface area (Å²) < 4.78 is 0. The standard InChI is InChI=1S/C28H31N3O2/c1-3-31-27(33)30(20-23-11-12-24-9-4-5-10-25(24)18-23)26(32)28(31)13-15-29(16-14-28)19-22-8-6-7-21(2)17-22/h4-12,17-18H,3,13-16,19-20H2,1-2H3. The molecule has 2 heterocycles. The number of hydrogen-bond donors (Lipinski definition) is 0. The molecule has 2 aliphatic heterocycles. The number of fused-ring (bicyclic) bond motifs is 1. The number of urea groups is 1. The van der Waals surface area contributed by atoms with Crippen LogP contribution in [0.15, 0.2) is 66.7 Å². The van der Waals surface area contributed by atoms with Crippen molar-refractivity contribution in [3.05, 3.63) is 83.4 Å². The Hall–Kier alpha value is -3.18. The van der Waals surface area contributed by atoms with E-state index in [9.17, 15) is 9.59 Å². The van der Waals surface area contributed by atoms with Crippen molar-refractivity contribution < 1.29 is 9.59 Å². The first-order valence-electron chi connectivity index (χ1n) is 11.9. The summed E-state index contributed by atoms with van der Waals surface area (Å²) in [4.78, 5) is 32.7.